The molecule has 0 aliphatic carbocycles. The maximum atomic E-state index is 12.6. The lowest BCUT2D eigenvalue weighted by Gasteiger charge is -2.36. The Hall–Kier alpha value is -2.19. The Bertz CT molecular complexity index is 956. The molecule has 1 N–H and O–H groups in total. The molecule has 0 bridgehead atoms. The van der Waals surface area contributed by atoms with E-state index in [1.165, 1.54) is 0 Å². The zero-order chi connectivity index (χ0) is 21.5. The molecule has 3 heterocycles. The maximum absolute atomic E-state index is 12.6. The molecule has 1 saturated heterocycles. The van der Waals surface area contributed by atoms with Crippen molar-refractivity contribution in [2.24, 2.45) is 0 Å². The largest absolute Gasteiger partial charge is 0.493 e. The fraction of sp³-hybridized carbons (Fsp3) is 0.545. The van der Waals surface area contributed by atoms with Gasteiger partial charge < -0.3 is 19.5 Å². The Kier molecular flexibility index (Phi) is 5.72. The van der Waals surface area contributed by atoms with E-state index in [-0.39, 0.29) is 22.8 Å². The molecule has 0 saturated carbocycles. The summed E-state index contributed by atoms with van der Waals surface area (Å²) >= 11 is 1.61. The lowest BCUT2D eigenvalue weighted by atomic mass is 9.94. The number of thioether (sulfide) groups is 1. The SMILES string of the molecule is COc1ccc([C@@H]2SCC(=O)Nc3c2c(C)nn3[C@@H]2CCOC(C)(C)C2)cc1OC. The van der Waals surface area contributed by atoms with Gasteiger partial charge in [0.05, 0.1) is 42.6 Å². The van der Waals surface area contributed by atoms with E-state index < -0.39 is 0 Å². The monoisotopic (exact) mass is 431 g/mol. The molecule has 2 aromatic rings. The van der Waals surface area contributed by atoms with Crippen LogP contribution in [0.25, 0.3) is 0 Å². The third-order valence-corrected chi connectivity index (χ3v) is 7.03. The second-order valence-corrected chi connectivity index (χ2v) is 9.49. The summed E-state index contributed by atoms with van der Waals surface area (Å²) in [6.07, 6.45) is 1.73. The van der Waals surface area contributed by atoms with Crippen molar-refractivity contribution in [1.29, 1.82) is 0 Å². The predicted octanol–water partition coefficient (Wildman–Crippen LogP) is 4.11. The van der Waals surface area contributed by atoms with Gasteiger partial charge in [0.2, 0.25) is 5.91 Å². The quantitative estimate of drug-likeness (QED) is 0.785. The smallest absolute Gasteiger partial charge is 0.235 e. The first kappa shape index (κ1) is 21.1. The van der Waals surface area contributed by atoms with Crippen LogP contribution in [0.4, 0.5) is 5.82 Å². The average Bonchev–Trinajstić information content (AvgIpc) is 2.92. The van der Waals surface area contributed by atoms with Gasteiger partial charge in [-0.3, -0.25) is 4.79 Å². The standard InChI is InChI=1S/C22H29N3O4S/c1-13-19-20(14-6-7-16(27-4)17(10-14)28-5)30-12-18(26)23-21(19)25(24-13)15-8-9-29-22(2,3)11-15/h6-7,10,15,20H,8-9,11-12H2,1-5H3,(H,23,26)/t15-,20+/m1/s1. The number of nitrogens with one attached hydrogen (secondary N) is 1. The zero-order valence-electron chi connectivity index (χ0n) is 18.2. The summed E-state index contributed by atoms with van der Waals surface area (Å²) in [7, 11) is 3.26. The Morgan fingerprint density at radius 1 is 1.27 bits per heavy atom. The number of benzene rings is 1. The molecule has 162 valence electrons. The topological polar surface area (TPSA) is 74.6 Å². The van der Waals surface area contributed by atoms with Gasteiger partial charge in [0.1, 0.15) is 5.82 Å². The van der Waals surface area contributed by atoms with Crippen molar-refractivity contribution >= 4 is 23.5 Å². The lowest BCUT2D eigenvalue weighted by Crippen LogP contribution is -2.36. The van der Waals surface area contributed by atoms with Crippen molar-refractivity contribution in [1.82, 2.24) is 9.78 Å². The number of methoxy groups -OCH3 is 2. The second-order valence-electron chi connectivity index (χ2n) is 8.40. The van der Waals surface area contributed by atoms with Crippen molar-refractivity contribution in [3.63, 3.8) is 0 Å². The summed E-state index contributed by atoms with van der Waals surface area (Å²) in [6.45, 7) is 6.92. The van der Waals surface area contributed by atoms with Gasteiger partial charge in [0, 0.05) is 12.2 Å². The van der Waals surface area contributed by atoms with Gasteiger partial charge in [-0.05, 0) is 51.3 Å². The fourth-order valence-corrected chi connectivity index (χ4v) is 5.54. The number of aryl methyl sites for hydroxylation is 1. The van der Waals surface area contributed by atoms with Gasteiger partial charge in [0.25, 0.3) is 0 Å². The number of hydrogen-bond acceptors (Lipinski definition) is 6. The Morgan fingerprint density at radius 3 is 2.73 bits per heavy atom. The van der Waals surface area contributed by atoms with Crippen molar-refractivity contribution in [2.45, 2.75) is 50.5 Å². The molecule has 1 aromatic heterocycles. The van der Waals surface area contributed by atoms with Crippen LogP contribution in [0.15, 0.2) is 18.2 Å². The van der Waals surface area contributed by atoms with Crippen molar-refractivity contribution in [3.05, 3.63) is 35.0 Å². The number of nitrogens with zero attached hydrogens (tertiary/aromatic N) is 2. The van der Waals surface area contributed by atoms with E-state index in [0.29, 0.717) is 23.9 Å². The minimum absolute atomic E-state index is 0.00306. The number of amides is 1. The van der Waals surface area contributed by atoms with Crippen molar-refractivity contribution in [3.8, 4) is 11.5 Å². The van der Waals surface area contributed by atoms with Crippen LogP contribution in [0.5, 0.6) is 11.5 Å². The van der Waals surface area contributed by atoms with E-state index in [0.717, 1.165) is 35.5 Å². The summed E-state index contributed by atoms with van der Waals surface area (Å²) < 4.78 is 18.8. The first-order valence-electron chi connectivity index (χ1n) is 10.2. The van der Waals surface area contributed by atoms with Crippen LogP contribution in [0.3, 0.4) is 0 Å². The van der Waals surface area contributed by atoms with E-state index in [1.807, 2.05) is 29.8 Å². The first-order chi connectivity index (χ1) is 14.3. The first-order valence-corrected chi connectivity index (χ1v) is 11.2. The minimum Gasteiger partial charge on any atom is -0.493 e. The molecule has 8 heteroatoms. The average molecular weight is 432 g/mol. The molecule has 1 aromatic carbocycles. The van der Waals surface area contributed by atoms with E-state index in [4.69, 9.17) is 19.3 Å². The molecule has 4 rings (SSSR count). The van der Waals surface area contributed by atoms with Crippen LogP contribution in [0.2, 0.25) is 0 Å². The van der Waals surface area contributed by atoms with Gasteiger partial charge in [-0.25, -0.2) is 4.68 Å². The predicted molar refractivity (Wildman–Crippen MR) is 118 cm³/mol. The van der Waals surface area contributed by atoms with Crippen molar-refractivity contribution < 1.29 is 19.0 Å². The van der Waals surface area contributed by atoms with Crippen LogP contribution in [-0.2, 0) is 9.53 Å². The number of ether oxygens (including phenoxy) is 3. The zero-order valence-corrected chi connectivity index (χ0v) is 19.0. The molecule has 0 spiro atoms. The number of carbonyl (C=O) groups excluding carboxylic acids is 1. The van der Waals surface area contributed by atoms with Crippen LogP contribution >= 0.6 is 11.8 Å². The Balaban J connectivity index is 1.79. The van der Waals surface area contributed by atoms with Crippen molar-refractivity contribution in [2.75, 3.05) is 31.9 Å². The van der Waals surface area contributed by atoms with Crippen LogP contribution < -0.4 is 14.8 Å². The van der Waals surface area contributed by atoms with Gasteiger partial charge in [-0.2, -0.15) is 5.10 Å². The van der Waals surface area contributed by atoms with Crippen LogP contribution in [-0.4, -0.2) is 47.9 Å². The number of hydrogen-bond donors (Lipinski definition) is 1. The molecule has 0 radical (unpaired) electrons. The fourth-order valence-electron chi connectivity index (χ4n) is 4.36. The third-order valence-electron chi connectivity index (χ3n) is 5.76. The van der Waals surface area contributed by atoms with Gasteiger partial charge in [0.15, 0.2) is 11.5 Å². The molecule has 0 unspecified atom stereocenters. The van der Waals surface area contributed by atoms with Crippen LogP contribution in [0.1, 0.15) is 54.8 Å². The number of anilines is 1. The normalized spacial score (nSPS) is 23.3. The second kappa shape index (κ2) is 8.15. The van der Waals surface area contributed by atoms with E-state index in [2.05, 4.69) is 19.2 Å². The Morgan fingerprint density at radius 2 is 2.03 bits per heavy atom. The highest BCUT2D eigenvalue weighted by Crippen LogP contribution is 2.46. The number of rotatable bonds is 4. The van der Waals surface area contributed by atoms with E-state index >= 15 is 0 Å². The molecule has 2 aliphatic heterocycles. The van der Waals surface area contributed by atoms with E-state index in [9.17, 15) is 4.79 Å². The molecule has 30 heavy (non-hydrogen) atoms. The maximum Gasteiger partial charge on any atom is 0.235 e. The van der Waals surface area contributed by atoms with Gasteiger partial charge in [-0.1, -0.05) is 6.07 Å². The molecule has 2 atom stereocenters. The summed E-state index contributed by atoms with van der Waals surface area (Å²) in [5.74, 6) is 2.55. The van der Waals surface area contributed by atoms with Crippen LogP contribution in [0, 0.1) is 6.92 Å². The molecular formula is C22H29N3O4S. The third kappa shape index (κ3) is 3.90. The molecule has 1 amide bonds. The van der Waals surface area contributed by atoms with E-state index in [1.54, 1.807) is 26.0 Å². The minimum atomic E-state index is -0.206. The molecule has 2 aliphatic rings. The van der Waals surface area contributed by atoms with Gasteiger partial charge >= 0.3 is 0 Å². The Labute approximate surface area is 181 Å². The summed E-state index contributed by atoms with van der Waals surface area (Å²) in [4.78, 5) is 12.6. The number of carbonyl (C=O) groups is 1. The highest BCUT2D eigenvalue weighted by atomic mass is 32.2. The number of fused-ring (bicyclic) bond motifs is 1. The highest BCUT2D eigenvalue weighted by Gasteiger charge is 2.36. The molecular weight excluding hydrogens is 402 g/mol. The van der Waals surface area contributed by atoms with Gasteiger partial charge in [-0.15, -0.1) is 11.8 Å². The highest BCUT2D eigenvalue weighted by molar-refractivity contribution is 8.00. The molecule has 7 nitrogen and oxygen atoms in total. The summed E-state index contributed by atoms with van der Waals surface area (Å²) in [6, 6.07) is 6.12. The lowest BCUT2D eigenvalue weighted by molar-refractivity contribution is -0.113. The number of aromatic nitrogens is 2. The molecule has 1 fully saturated rings. The summed E-state index contributed by atoms with van der Waals surface area (Å²) in [5, 5.41) is 7.99. The summed E-state index contributed by atoms with van der Waals surface area (Å²) in [5.41, 5.74) is 2.85.